The van der Waals surface area contributed by atoms with E-state index in [1.54, 1.807) is 13.3 Å². The largest absolute Gasteiger partial charge is 0.497 e. The Labute approximate surface area is 174 Å². The first-order valence-corrected chi connectivity index (χ1v) is 10.0. The van der Waals surface area contributed by atoms with E-state index in [0.717, 1.165) is 34.2 Å². The standard InChI is InChI=1S/C21H23N5O2S/c1-14-11-15(2)24-21(23-14)29-13-20(27)25-22-12-18-6-5-16(3)26(18)17-7-9-19(28-4)10-8-17/h5-12H,13H2,1-4H3,(H,25,27)/b22-12+. The molecule has 0 aliphatic rings. The number of methoxy groups -OCH3 is 1. The molecular formula is C21H23N5O2S. The highest BCUT2D eigenvalue weighted by Gasteiger charge is 2.08. The highest BCUT2D eigenvalue weighted by atomic mass is 32.2. The van der Waals surface area contributed by atoms with E-state index >= 15 is 0 Å². The van der Waals surface area contributed by atoms with E-state index in [4.69, 9.17) is 4.74 Å². The molecule has 0 fully saturated rings. The van der Waals surface area contributed by atoms with Gasteiger partial charge in [0, 0.05) is 22.8 Å². The summed E-state index contributed by atoms with van der Waals surface area (Å²) in [7, 11) is 1.64. The van der Waals surface area contributed by atoms with Crippen LogP contribution in [-0.2, 0) is 4.79 Å². The lowest BCUT2D eigenvalue weighted by Gasteiger charge is -2.10. The minimum absolute atomic E-state index is 0.193. The summed E-state index contributed by atoms with van der Waals surface area (Å²) in [6.45, 7) is 5.83. The van der Waals surface area contributed by atoms with Crippen molar-refractivity contribution in [3.63, 3.8) is 0 Å². The van der Waals surface area contributed by atoms with Crippen molar-refractivity contribution in [2.45, 2.75) is 25.9 Å². The topological polar surface area (TPSA) is 81.4 Å². The van der Waals surface area contributed by atoms with Gasteiger partial charge in [-0.25, -0.2) is 15.4 Å². The van der Waals surface area contributed by atoms with Crippen LogP contribution in [0, 0.1) is 20.8 Å². The molecule has 0 spiro atoms. The lowest BCUT2D eigenvalue weighted by atomic mass is 10.3. The molecule has 0 unspecified atom stereocenters. The average molecular weight is 410 g/mol. The van der Waals surface area contributed by atoms with E-state index in [1.165, 1.54) is 11.8 Å². The summed E-state index contributed by atoms with van der Waals surface area (Å²) in [4.78, 5) is 20.7. The van der Waals surface area contributed by atoms with Gasteiger partial charge in [-0.15, -0.1) is 0 Å². The highest BCUT2D eigenvalue weighted by molar-refractivity contribution is 7.99. The normalized spacial score (nSPS) is 11.0. The lowest BCUT2D eigenvalue weighted by Crippen LogP contribution is -2.20. The second-order valence-corrected chi connectivity index (χ2v) is 7.39. The van der Waals surface area contributed by atoms with Gasteiger partial charge in [-0.2, -0.15) is 5.10 Å². The summed E-state index contributed by atoms with van der Waals surface area (Å²) in [5.74, 6) is 0.776. The molecular weight excluding hydrogens is 386 g/mol. The molecule has 3 rings (SSSR count). The molecule has 150 valence electrons. The molecule has 8 heteroatoms. The molecule has 1 N–H and O–H groups in total. The predicted octanol–water partition coefficient (Wildman–Crippen LogP) is 3.44. The van der Waals surface area contributed by atoms with Gasteiger partial charge >= 0.3 is 0 Å². The van der Waals surface area contributed by atoms with Crippen LogP contribution in [0.25, 0.3) is 5.69 Å². The summed E-state index contributed by atoms with van der Waals surface area (Å²) in [5, 5.41) is 4.69. The third-order valence-corrected chi connectivity index (χ3v) is 4.96. The zero-order valence-electron chi connectivity index (χ0n) is 16.8. The van der Waals surface area contributed by atoms with Crippen molar-refractivity contribution in [2.75, 3.05) is 12.9 Å². The van der Waals surface area contributed by atoms with Crippen molar-refractivity contribution in [3.8, 4) is 11.4 Å². The van der Waals surface area contributed by atoms with Gasteiger partial charge in [0.15, 0.2) is 5.16 Å². The number of hydrazone groups is 1. The third-order valence-electron chi connectivity index (χ3n) is 4.12. The number of carbonyl (C=O) groups excluding carboxylic acids is 1. The molecule has 0 saturated carbocycles. The molecule has 0 radical (unpaired) electrons. The second kappa shape index (κ2) is 9.38. The van der Waals surface area contributed by atoms with Gasteiger partial charge in [0.05, 0.1) is 24.8 Å². The Morgan fingerprint density at radius 3 is 2.48 bits per heavy atom. The number of aryl methyl sites for hydroxylation is 3. The fourth-order valence-electron chi connectivity index (χ4n) is 2.83. The van der Waals surface area contributed by atoms with E-state index in [1.807, 2.05) is 67.8 Å². The first-order chi connectivity index (χ1) is 14.0. The number of benzene rings is 1. The summed E-state index contributed by atoms with van der Waals surface area (Å²) >= 11 is 1.29. The minimum atomic E-state index is -0.215. The Morgan fingerprint density at radius 2 is 1.83 bits per heavy atom. The number of aromatic nitrogens is 3. The Hall–Kier alpha value is -3.13. The summed E-state index contributed by atoms with van der Waals surface area (Å²) < 4.78 is 7.26. The molecule has 0 aliphatic heterocycles. The van der Waals surface area contributed by atoms with E-state index in [0.29, 0.717) is 5.16 Å². The van der Waals surface area contributed by atoms with Gasteiger partial charge in [-0.05, 0) is 63.2 Å². The number of hydrogen-bond donors (Lipinski definition) is 1. The van der Waals surface area contributed by atoms with E-state index in [2.05, 4.69) is 20.5 Å². The number of amides is 1. The smallest absolute Gasteiger partial charge is 0.250 e. The zero-order valence-corrected chi connectivity index (χ0v) is 17.7. The van der Waals surface area contributed by atoms with E-state index < -0.39 is 0 Å². The zero-order chi connectivity index (χ0) is 20.8. The molecule has 0 saturated heterocycles. The number of hydrogen-bond acceptors (Lipinski definition) is 6. The number of carbonyl (C=O) groups is 1. The van der Waals surface area contributed by atoms with E-state index in [9.17, 15) is 4.79 Å². The van der Waals surface area contributed by atoms with Crippen LogP contribution < -0.4 is 10.2 Å². The molecule has 2 heterocycles. The van der Waals surface area contributed by atoms with Gasteiger partial charge < -0.3 is 9.30 Å². The minimum Gasteiger partial charge on any atom is -0.497 e. The molecule has 1 amide bonds. The van der Waals surface area contributed by atoms with Crippen LogP contribution in [0.2, 0.25) is 0 Å². The Bertz CT molecular complexity index is 1010. The maximum atomic E-state index is 12.1. The second-order valence-electron chi connectivity index (χ2n) is 6.45. The molecule has 7 nitrogen and oxygen atoms in total. The van der Waals surface area contributed by atoms with Crippen LogP contribution in [0.1, 0.15) is 22.8 Å². The SMILES string of the molecule is COc1ccc(-n2c(C)ccc2/C=N/NC(=O)CSc2nc(C)cc(C)n2)cc1. The fourth-order valence-corrected chi connectivity index (χ4v) is 3.58. The Balaban J connectivity index is 1.62. The first-order valence-electron chi connectivity index (χ1n) is 9.06. The number of rotatable bonds is 7. The molecule has 0 aliphatic carbocycles. The number of nitrogens with zero attached hydrogens (tertiary/aromatic N) is 4. The van der Waals surface area contributed by atoms with Crippen LogP contribution >= 0.6 is 11.8 Å². The Morgan fingerprint density at radius 1 is 1.14 bits per heavy atom. The molecule has 0 bridgehead atoms. The van der Waals surface area contributed by atoms with Crippen LogP contribution in [0.5, 0.6) is 5.75 Å². The van der Waals surface area contributed by atoms with Crippen molar-refractivity contribution in [1.82, 2.24) is 20.0 Å². The van der Waals surface area contributed by atoms with Crippen LogP contribution in [0.4, 0.5) is 0 Å². The van der Waals surface area contributed by atoms with Gasteiger partial charge in [-0.3, -0.25) is 4.79 Å². The van der Waals surface area contributed by atoms with Crippen molar-refractivity contribution >= 4 is 23.9 Å². The predicted molar refractivity (Wildman–Crippen MR) is 115 cm³/mol. The number of nitrogens with one attached hydrogen (secondary N) is 1. The van der Waals surface area contributed by atoms with E-state index in [-0.39, 0.29) is 11.7 Å². The maximum Gasteiger partial charge on any atom is 0.250 e. The molecule has 3 aromatic rings. The van der Waals surface area contributed by atoms with Gasteiger partial charge in [0.1, 0.15) is 5.75 Å². The highest BCUT2D eigenvalue weighted by Crippen LogP contribution is 2.19. The molecule has 2 aromatic heterocycles. The third kappa shape index (κ3) is 5.45. The van der Waals surface area contributed by atoms with Crippen molar-refractivity contribution in [3.05, 3.63) is 65.2 Å². The maximum absolute atomic E-state index is 12.1. The van der Waals surface area contributed by atoms with Crippen molar-refractivity contribution in [1.29, 1.82) is 0 Å². The monoisotopic (exact) mass is 409 g/mol. The number of thioether (sulfide) groups is 1. The molecule has 0 atom stereocenters. The molecule has 29 heavy (non-hydrogen) atoms. The average Bonchev–Trinajstić information content (AvgIpc) is 3.06. The fraction of sp³-hybridized carbons (Fsp3) is 0.238. The van der Waals surface area contributed by atoms with Gasteiger partial charge in [0.2, 0.25) is 0 Å². The first kappa shape index (κ1) is 20.6. The quantitative estimate of drug-likeness (QED) is 0.280. The number of ether oxygens (including phenoxy) is 1. The van der Waals surface area contributed by atoms with Crippen LogP contribution in [0.3, 0.4) is 0 Å². The lowest BCUT2D eigenvalue weighted by molar-refractivity contribution is -0.118. The van der Waals surface area contributed by atoms with Crippen LogP contribution in [0.15, 0.2) is 52.7 Å². The van der Waals surface area contributed by atoms with Gasteiger partial charge in [0.25, 0.3) is 5.91 Å². The Kier molecular flexibility index (Phi) is 6.66. The van der Waals surface area contributed by atoms with Crippen LogP contribution in [-0.4, -0.2) is 39.5 Å². The van der Waals surface area contributed by atoms with Gasteiger partial charge in [-0.1, -0.05) is 11.8 Å². The van der Waals surface area contributed by atoms with Crippen molar-refractivity contribution in [2.24, 2.45) is 5.10 Å². The summed E-state index contributed by atoms with van der Waals surface area (Å²) in [6.07, 6.45) is 1.63. The van der Waals surface area contributed by atoms with Crippen molar-refractivity contribution < 1.29 is 9.53 Å². The molecule has 1 aromatic carbocycles. The summed E-state index contributed by atoms with van der Waals surface area (Å²) in [6, 6.07) is 13.6. The summed E-state index contributed by atoms with van der Waals surface area (Å²) in [5.41, 5.74) is 7.23.